The Balaban J connectivity index is 1.78. The zero-order valence-electron chi connectivity index (χ0n) is 14.2. The summed E-state index contributed by atoms with van der Waals surface area (Å²) in [5.74, 6) is 0.162. The number of amides is 1. The molecule has 126 valence electrons. The third-order valence-electron chi connectivity index (χ3n) is 4.81. The normalized spacial score (nSPS) is 21.9. The molecule has 2 aliphatic heterocycles. The number of fused-ring (bicyclic) bond motifs is 1. The molecule has 5 heteroatoms. The molecule has 23 heavy (non-hydrogen) atoms. The van der Waals surface area contributed by atoms with Gasteiger partial charge < -0.3 is 14.2 Å². The molecule has 5 nitrogen and oxygen atoms in total. The standard InChI is InChI=1S/C18H27N3O2/c1-3-23-13-12-19-8-4-6-16(14-19)18-17-7-5-9-20(17)10-11-21(18)15(2)22/h5-7,9,18H,3-4,8,10-14H2,1-2H3/t18-/m1/s1. The average Bonchev–Trinajstić information content (AvgIpc) is 3.03. The fourth-order valence-corrected chi connectivity index (χ4v) is 3.67. The topological polar surface area (TPSA) is 37.7 Å². The number of ether oxygens (including phenoxy) is 1. The molecule has 1 amide bonds. The molecule has 0 unspecified atom stereocenters. The molecule has 0 aromatic carbocycles. The van der Waals surface area contributed by atoms with Gasteiger partial charge in [-0.05, 0) is 31.1 Å². The van der Waals surface area contributed by atoms with Gasteiger partial charge in [-0.15, -0.1) is 0 Å². The second-order valence-electron chi connectivity index (χ2n) is 6.28. The minimum atomic E-state index is 0.0890. The van der Waals surface area contributed by atoms with Crippen molar-refractivity contribution < 1.29 is 9.53 Å². The van der Waals surface area contributed by atoms with Crippen LogP contribution in [0.1, 0.15) is 32.0 Å². The number of carbonyl (C=O) groups excluding carboxylic acids is 1. The molecule has 0 saturated heterocycles. The first-order valence-electron chi connectivity index (χ1n) is 8.62. The zero-order chi connectivity index (χ0) is 16.2. The molecule has 0 N–H and O–H groups in total. The number of rotatable bonds is 5. The molecule has 0 spiro atoms. The molecule has 0 radical (unpaired) electrons. The minimum absolute atomic E-state index is 0.0890. The van der Waals surface area contributed by atoms with Gasteiger partial charge in [0.1, 0.15) is 0 Å². The molecule has 3 rings (SSSR count). The van der Waals surface area contributed by atoms with Crippen molar-refractivity contribution in [2.45, 2.75) is 32.9 Å². The molecule has 3 heterocycles. The van der Waals surface area contributed by atoms with Crippen molar-refractivity contribution in [2.75, 3.05) is 39.4 Å². The maximum absolute atomic E-state index is 12.1. The van der Waals surface area contributed by atoms with Crippen LogP contribution < -0.4 is 0 Å². The number of nitrogens with zero attached hydrogens (tertiary/aromatic N) is 3. The first-order valence-corrected chi connectivity index (χ1v) is 8.62. The highest BCUT2D eigenvalue weighted by Gasteiger charge is 2.33. The van der Waals surface area contributed by atoms with Crippen LogP contribution in [0.2, 0.25) is 0 Å². The van der Waals surface area contributed by atoms with Crippen molar-refractivity contribution in [3.63, 3.8) is 0 Å². The number of carbonyl (C=O) groups is 1. The lowest BCUT2D eigenvalue weighted by molar-refractivity contribution is -0.131. The van der Waals surface area contributed by atoms with Gasteiger partial charge in [-0.3, -0.25) is 9.69 Å². The Labute approximate surface area is 138 Å². The van der Waals surface area contributed by atoms with Gasteiger partial charge in [0.25, 0.3) is 0 Å². The van der Waals surface area contributed by atoms with E-state index >= 15 is 0 Å². The van der Waals surface area contributed by atoms with E-state index in [0.29, 0.717) is 0 Å². The number of hydrogen-bond donors (Lipinski definition) is 0. The van der Waals surface area contributed by atoms with Crippen LogP contribution in [0.25, 0.3) is 0 Å². The van der Waals surface area contributed by atoms with Crippen LogP contribution in [0.15, 0.2) is 30.0 Å². The number of hydrogen-bond acceptors (Lipinski definition) is 3. The van der Waals surface area contributed by atoms with Crippen molar-refractivity contribution in [3.05, 3.63) is 35.7 Å². The summed E-state index contributed by atoms with van der Waals surface area (Å²) in [5, 5.41) is 0. The predicted octanol–water partition coefficient (Wildman–Crippen LogP) is 2.06. The van der Waals surface area contributed by atoms with Crippen LogP contribution in [0.4, 0.5) is 0 Å². The van der Waals surface area contributed by atoms with Crippen LogP contribution in [0, 0.1) is 0 Å². The van der Waals surface area contributed by atoms with Crippen LogP contribution in [-0.2, 0) is 16.1 Å². The lowest BCUT2D eigenvalue weighted by Crippen LogP contribution is -2.44. The zero-order valence-corrected chi connectivity index (χ0v) is 14.2. The molecule has 0 fully saturated rings. The lowest BCUT2D eigenvalue weighted by atomic mass is 9.96. The van der Waals surface area contributed by atoms with Gasteiger partial charge in [0.05, 0.1) is 12.6 Å². The monoisotopic (exact) mass is 317 g/mol. The summed E-state index contributed by atoms with van der Waals surface area (Å²) in [6, 6.07) is 4.33. The van der Waals surface area contributed by atoms with E-state index < -0.39 is 0 Å². The van der Waals surface area contributed by atoms with Gasteiger partial charge in [0.15, 0.2) is 0 Å². The van der Waals surface area contributed by atoms with Gasteiger partial charge in [0.2, 0.25) is 5.91 Å². The quantitative estimate of drug-likeness (QED) is 0.616. The van der Waals surface area contributed by atoms with E-state index in [0.717, 1.165) is 52.4 Å². The van der Waals surface area contributed by atoms with E-state index in [2.05, 4.69) is 33.9 Å². The third-order valence-corrected chi connectivity index (χ3v) is 4.81. The Morgan fingerprint density at radius 3 is 3.00 bits per heavy atom. The second-order valence-corrected chi connectivity index (χ2v) is 6.28. The second kappa shape index (κ2) is 7.32. The molecule has 1 aromatic heterocycles. The van der Waals surface area contributed by atoms with Crippen LogP contribution in [0.5, 0.6) is 0 Å². The first-order chi connectivity index (χ1) is 11.2. The summed E-state index contributed by atoms with van der Waals surface area (Å²) >= 11 is 0. The van der Waals surface area contributed by atoms with Crippen molar-refractivity contribution >= 4 is 5.91 Å². The SMILES string of the molecule is CCOCCN1CCC=C([C@@H]2c3cccn3CCN2C(C)=O)C1. The maximum atomic E-state index is 12.1. The predicted molar refractivity (Wildman–Crippen MR) is 90.2 cm³/mol. The maximum Gasteiger partial charge on any atom is 0.220 e. The average molecular weight is 317 g/mol. The highest BCUT2D eigenvalue weighted by atomic mass is 16.5. The number of aromatic nitrogens is 1. The molecule has 1 aromatic rings. The van der Waals surface area contributed by atoms with Crippen molar-refractivity contribution in [3.8, 4) is 0 Å². The molecule has 0 aliphatic carbocycles. The first kappa shape index (κ1) is 16.3. The molecular weight excluding hydrogens is 290 g/mol. The van der Waals surface area contributed by atoms with E-state index in [1.165, 1.54) is 11.3 Å². The summed E-state index contributed by atoms with van der Waals surface area (Å²) in [5.41, 5.74) is 2.59. The fourth-order valence-electron chi connectivity index (χ4n) is 3.67. The Morgan fingerprint density at radius 2 is 2.22 bits per heavy atom. The van der Waals surface area contributed by atoms with Crippen LogP contribution in [0.3, 0.4) is 0 Å². The van der Waals surface area contributed by atoms with E-state index in [1.807, 2.05) is 11.8 Å². The van der Waals surface area contributed by atoms with Crippen molar-refractivity contribution in [1.29, 1.82) is 0 Å². The Kier molecular flexibility index (Phi) is 5.18. The minimum Gasteiger partial charge on any atom is -0.380 e. The van der Waals surface area contributed by atoms with Crippen molar-refractivity contribution in [1.82, 2.24) is 14.4 Å². The van der Waals surface area contributed by atoms with Gasteiger partial charge in [-0.1, -0.05) is 6.08 Å². The Bertz CT molecular complexity index is 579. The summed E-state index contributed by atoms with van der Waals surface area (Å²) in [6.45, 7) is 9.89. The van der Waals surface area contributed by atoms with Crippen molar-refractivity contribution in [2.24, 2.45) is 0 Å². The molecule has 0 bridgehead atoms. The van der Waals surface area contributed by atoms with Gasteiger partial charge in [-0.2, -0.15) is 0 Å². The summed E-state index contributed by atoms with van der Waals surface area (Å²) < 4.78 is 7.77. The van der Waals surface area contributed by atoms with E-state index in [4.69, 9.17) is 4.74 Å². The van der Waals surface area contributed by atoms with Crippen LogP contribution in [-0.4, -0.2) is 59.7 Å². The highest BCUT2D eigenvalue weighted by molar-refractivity contribution is 5.74. The molecule has 2 aliphatic rings. The summed E-state index contributed by atoms with van der Waals surface area (Å²) in [6.07, 6.45) is 5.50. The smallest absolute Gasteiger partial charge is 0.220 e. The summed E-state index contributed by atoms with van der Waals surface area (Å²) in [4.78, 5) is 16.6. The fraction of sp³-hybridized carbons (Fsp3) is 0.611. The summed E-state index contributed by atoms with van der Waals surface area (Å²) in [7, 11) is 0. The van der Waals surface area contributed by atoms with Gasteiger partial charge in [-0.25, -0.2) is 0 Å². The van der Waals surface area contributed by atoms with Gasteiger partial charge >= 0.3 is 0 Å². The Hall–Kier alpha value is -1.59. The van der Waals surface area contributed by atoms with E-state index in [1.54, 1.807) is 6.92 Å². The highest BCUT2D eigenvalue weighted by Crippen LogP contribution is 2.34. The van der Waals surface area contributed by atoms with E-state index in [-0.39, 0.29) is 11.9 Å². The third kappa shape index (κ3) is 3.51. The lowest BCUT2D eigenvalue weighted by Gasteiger charge is -2.40. The molecule has 1 atom stereocenters. The van der Waals surface area contributed by atoms with Crippen LogP contribution >= 0.6 is 0 Å². The van der Waals surface area contributed by atoms with E-state index in [9.17, 15) is 4.79 Å². The molecular formula is C18H27N3O2. The Morgan fingerprint density at radius 1 is 1.35 bits per heavy atom. The largest absolute Gasteiger partial charge is 0.380 e. The molecule has 0 saturated carbocycles. The van der Waals surface area contributed by atoms with Gasteiger partial charge in [0, 0.05) is 58.1 Å².